The number of aliphatic hydroxyl groups excluding tert-OH is 1. The molecular formula is C56H40O31. The van der Waals surface area contributed by atoms with Crippen molar-refractivity contribution < 1.29 is 155 Å². The Labute approximate surface area is 480 Å². The zero-order chi connectivity index (χ0) is 63.0. The highest BCUT2D eigenvalue weighted by atomic mass is 16.6. The molecule has 7 atom stereocenters. The molecule has 2 bridgehead atoms. The van der Waals surface area contributed by atoms with Gasteiger partial charge in [0.25, 0.3) is 0 Å². The number of benzene rings is 7. The van der Waals surface area contributed by atoms with E-state index in [1.54, 1.807) is 0 Å². The van der Waals surface area contributed by atoms with E-state index in [1.165, 1.54) is 0 Å². The smallest absolute Gasteiger partial charge is 0.339 e. The van der Waals surface area contributed by atoms with Gasteiger partial charge in [-0.25, -0.2) is 24.0 Å². The number of cyclic esters (lactones) is 3. The number of rotatable bonds is 5. The van der Waals surface area contributed by atoms with Crippen LogP contribution in [-0.2, 0) is 30.1 Å². The van der Waals surface area contributed by atoms with Crippen LogP contribution in [0.15, 0.2) is 54.6 Å². The van der Waals surface area contributed by atoms with Gasteiger partial charge in [-0.2, -0.15) is 0 Å². The fraction of sp³-hybridized carbons (Fsp3) is 0.161. The van der Waals surface area contributed by atoms with Gasteiger partial charge < -0.3 is 131 Å². The zero-order valence-corrected chi connectivity index (χ0v) is 43.1. The molecule has 0 unspecified atom stereocenters. The maximum atomic E-state index is 15.3. The fourth-order valence-corrected chi connectivity index (χ4v) is 10.9. The van der Waals surface area contributed by atoms with Crippen molar-refractivity contribution in [1.82, 2.24) is 0 Å². The van der Waals surface area contributed by atoms with Crippen LogP contribution in [0.3, 0.4) is 0 Å². The Hall–Kier alpha value is -12.2. The van der Waals surface area contributed by atoms with E-state index in [0.717, 1.165) is 18.2 Å². The van der Waals surface area contributed by atoms with Crippen LogP contribution >= 0.6 is 0 Å². The van der Waals surface area contributed by atoms with Gasteiger partial charge in [-0.3, -0.25) is 0 Å². The minimum atomic E-state index is -3.00. The van der Waals surface area contributed by atoms with Gasteiger partial charge in [-0.15, -0.1) is 0 Å². The first kappa shape index (κ1) is 56.7. The molecule has 450 valence electrons. The summed E-state index contributed by atoms with van der Waals surface area (Å²) >= 11 is 0. The highest BCUT2D eigenvalue weighted by Gasteiger charge is 2.57. The standard InChI is InChI=1S/C56H40O31/c57-18-2-1-12(3-20(18)59)47-27(66)6-14-19(58)10-21(60)32(48(14)84-47)35-34-36-33(44(74)46(76)45(34)75)31-17(9-26(65)40(70)43(31)73)55(80)87-51(50(35)86-56(36)81)49-28(83-52(77)13-4-22(61)37(67)23(62)5-13)11-82-53(78)15-7-24(63)38(68)41(71)29(15)30-16(54(79)85-49)8-25(64)39(69)42(30)72/h1-5,7-10,27-28,35,47,49-51,57-76H,6,11H2/t27-,28-,35+,47-,49-,50+,51+/m1/s1. The Kier molecular flexibility index (Phi) is 13.1. The largest absolute Gasteiger partial charge is 0.507 e. The zero-order valence-electron chi connectivity index (χ0n) is 43.1. The third-order valence-electron chi connectivity index (χ3n) is 14.9. The van der Waals surface area contributed by atoms with Crippen molar-refractivity contribution in [2.24, 2.45) is 0 Å². The molecule has 0 saturated heterocycles. The molecule has 20 N–H and O–H groups in total. The van der Waals surface area contributed by atoms with E-state index in [-0.39, 0.29) is 5.56 Å². The second kappa shape index (κ2) is 20.0. The van der Waals surface area contributed by atoms with Crippen molar-refractivity contribution in [3.05, 3.63) is 105 Å². The maximum absolute atomic E-state index is 15.3. The summed E-state index contributed by atoms with van der Waals surface area (Å²) in [6.07, 6.45) is -15.7. The molecule has 31 nitrogen and oxygen atoms in total. The number of carbonyl (C=O) groups excluding carboxylic acids is 5. The van der Waals surface area contributed by atoms with Crippen LogP contribution in [0.25, 0.3) is 22.3 Å². The molecule has 4 aliphatic rings. The molecule has 0 spiro atoms. The van der Waals surface area contributed by atoms with E-state index in [9.17, 15) is 112 Å². The van der Waals surface area contributed by atoms with Crippen molar-refractivity contribution >= 4 is 29.8 Å². The molecule has 87 heavy (non-hydrogen) atoms. The number of phenols is 19. The molecule has 0 aliphatic carbocycles. The molecule has 0 saturated carbocycles. The second-order valence-electron chi connectivity index (χ2n) is 19.9. The third-order valence-corrected chi connectivity index (χ3v) is 14.9. The molecule has 0 aromatic heterocycles. The van der Waals surface area contributed by atoms with E-state index < -0.39 is 267 Å². The molecule has 7 aromatic rings. The number of hydrogen-bond donors (Lipinski definition) is 20. The van der Waals surface area contributed by atoms with Gasteiger partial charge >= 0.3 is 29.8 Å². The summed E-state index contributed by atoms with van der Waals surface area (Å²) in [4.78, 5) is 74.7. The average Bonchev–Trinajstić information content (AvgIpc) is 0.817. The van der Waals surface area contributed by atoms with Crippen molar-refractivity contribution in [2.45, 2.75) is 49.0 Å². The van der Waals surface area contributed by atoms with Crippen LogP contribution < -0.4 is 4.74 Å². The topological polar surface area (TPSA) is 545 Å². The Balaban J connectivity index is 1.25. The number of carbonyl (C=O) groups is 5. The van der Waals surface area contributed by atoms with Gasteiger partial charge in [0, 0.05) is 51.4 Å². The molecule has 0 radical (unpaired) electrons. The second-order valence-corrected chi connectivity index (χ2v) is 19.9. The van der Waals surface area contributed by atoms with E-state index in [1.807, 2.05) is 0 Å². The molecule has 4 heterocycles. The SMILES string of the molecule is O=C(O[C@@H]1COC(=O)c2cc(O)c(O)c(O)c2-c2c(cc(O)c(O)c2O)C(=O)O[C@H]1[C@@H]1OC(=O)c2cc(O)c(O)c(O)c2-c2c(O)c(O)c(O)c3c2C(=O)O[C@H]1[C@H]3c1c(O)cc(O)c2c1O[C@H](c1ccc(O)c(O)c1)[C@H](O)C2)c1cc(O)c(O)c(O)c1. The Morgan fingerprint density at radius 3 is 1.46 bits per heavy atom. The van der Waals surface area contributed by atoms with Crippen LogP contribution in [0.5, 0.6) is 115 Å². The number of aromatic hydroxyl groups is 19. The van der Waals surface area contributed by atoms with Gasteiger partial charge in [0.2, 0.25) is 23.0 Å². The monoisotopic (exact) mass is 1210 g/mol. The lowest BCUT2D eigenvalue weighted by Gasteiger charge is -2.43. The first-order chi connectivity index (χ1) is 41.0. The molecule has 7 aromatic carbocycles. The van der Waals surface area contributed by atoms with Crippen LogP contribution in [0.4, 0.5) is 0 Å². The first-order valence-corrected chi connectivity index (χ1v) is 24.9. The Bertz CT molecular complexity index is 4220. The predicted octanol–water partition coefficient (Wildman–Crippen LogP) is 3.30. The van der Waals surface area contributed by atoms with Gasteiger partial charge in [-0.1, -0.05) is 6.07 Å². The summed E-state index contributed by atoms with van der Waals surface area (Å²) < 4.78 is 35.6. The number of phenolic OH excluding ortho intramolecular Hbond substituents is 19. The van der Waals surface area contributed by atoms with Gasteiger partial charge in [0.15, 0.2) is 99.2 Å². The molecular weight excluding hydrogens is 1170 g/mol. The van der Waals surface area contributed by atoms with Crippen LogP contribution in [0.1, 0.15) is 86.1 Å². The van der Waals surface area contributed by atoms with E-state index in [4.69, 9.17) is 28.4 Å². The quantitative estimate of drug-likeness (QED) is 0.0668. The van der Waals surface area contributed by atoms with Gasteiger partial charge in [-0.05, 0) is 48.0 Å². The summed E-state index contributed by atoms with van der Waals surface area (Å²) in [5, 5.41) is 222. The fourth-order valence-electron chi connectivity index (χ4n) is 10.9. The molecule has 0 fully saturated rings. The van der Waals surface area contributed by atoms with Crippen molar-refractivity contribution in [2.75, 3.05) is 6.61 Å². The number of fused-ring (bicyclic) bond motifs is 8. The molecule has 11 rings (SSSR count). The van der Waals surface area contributed by atoms with E-state index in [0.29, 0.717) is 36.4 Å². The minimum absolute atomic E-state index is 0.140. The lowest BCUT2D eigenvalue weighted by Crippen LogP contribution is -2.56. The third kappa shape index (κ3) is 8.66. The summed E-state index contributed by atoms with van der Waals surface area (Å²) in [5.41, 5.74) is -13.3. The van der Waals surface area contributed by atoms with Crippen molar-refractivity contribution in [3.8, 4) is 137 Å². The molecule has 31 heteroatoms. The Morgan fingerprint density at radius 2 is 0.908 bits per heavy atom. The van der Waals surface area contributed by atoms with Crippen LogP contribution in [0.2, 0.25) is 0 Å². The Morgan fingerprint density at radius 1 is 0.414 bits per heavy atom. The average molecular weight is 1210 g/mol. The highest BCUT2D eigenvalue weighted by molar-refractivity contribution is 6.11. The van der Waals surface area contributed by atoms with Gasteiger partial charge in [0.1, 0.15) is 30.0 Å². The first-order valence-electron chi connectivity index (χ1n) is 24.9. The summed E-state index contributed by atoms with van der Waals surface area (Å²) in [6.45, 7) is -1.63. The van der Waals surface area contributed by atoms with Gasteiger partial charge in [0.05, 0.1) is 39.8 Å². The normalized spacial score (nSPS) is 20.4. The number of aliphatic hydroxyl groups is 1. The lowest BCUT2D eigenvalue weighted by atomic mass is 9.73. The highest BCUT2D eigenvalue weighted by Crippen LogP contribution is 2.62. The van der Waals surface area contributed by atoms with E-state index in [2.05, 4.69) is 0 Å². The summed E-state index contributed by atoms with van der Waals surface area (Å²) in [6, 6.07) is 5.59. The van der Waals surface area contributed by atoms with Crippen molar-refractivity contribution in [3.63, 3.8) is 0 Å². The summed E-state index contributed by atoms with van der Waals surface area (Å²) in [7, 11) is 0. The van der Waals surface area contributed by atoms with Crippen LogP contribution in [-0.4, -0.2) is 169 Å². The van der Waals surface area contributed by atoms with Crippen molar-refractivity contribution in [1.29, 1.82) is 0 Å². The predicted molar refractivity (Wildman–Crippen MR) is 277 cm³/mol. The molecule has 0 amide bonds. The minimum Gasteiger partial charge on any atom is -0.507 e. The van der Waals surface area contributed by atoms with Crippen LogP contribution in [0, 0.1) is 0 Å². The number of ether oxygens (including phenoxy) is 6. The lowest BCUT2D eigenvalue weighted by molar-refractivity contribution is -0.135. The summed E-state index contributed by atoms with van der Waals surface area (Å²) in [5.74, 6) is -38.0. The maximum Gasteiger partial charge on any atom is 0.339 e. The van der Waals surface area contributed by atoms with E-state index >= 15 is 14.4 Å². The number of esters is 5. The molecule has 4 aliphatic heterocycles. The number of hydrogen-bond acceptors (Lipinski definition) is 31.